The molecule has 10 heteroatoms. The molecule has 3 N–H and O–H groups in total. The number of likely N-dealkylation sites (tertiary alicyclic amines) is 1. The standard InChI is InChI=1S/C16H19N3O6S/c1-9-4-11(16(22)23)7-18(6-9)14(20)8-26-13-3-2-10(15(17)21)5-12(13)19(24)25/h2-3,5,9,11H,4,6-8H2,1H3,(H2,17,21)(H,22,23). The van der Waals surface area contributed by atoms with Gasteiger partial charge in [0.05, 0.1) is 21.5 Å². The molecule has 2 rings (SSSR count). The molecule has 1 saturated heterocycles. The second-order valence-electron chi connectivity index (χ2n) is 6.27. The first-order valence-electron chi connectivity index (χ1n) is 7.90. The predicted molar refractivity (Wildman–Crippen MR) is 93.8 cm³/mol. The molecule has 26 heavy (non-hydrogen) atoms. The van der Waals surface area contributed by atoms with Gasteiger partial charge in [0.1, 0.15) is 0 Å². The molecule has 0 bridgehead atoms. The first-order valence-corrected chi connectivity index (χ1v) is 8.89. The Morgan fingerprint density at radius 2 is 2.08 bits per heavy atom. The molecule has 1 fully saturated rings. The third-order valence-electron chi connectivity index (χ3n) is 4.15. The molecule has 0 saturated carbocycles. The van der Waals surface area contributed by atoms with E-state index in [9.17, 15) is 29.6 Å². The minimum Gasteiger partial charge on any atom is -0.481 e. The van der Waals surface area contributed by atoms with E-state index in [0.717, 1.165) is 17.8 Å². The minimum atomic E-state index is -0.931. The van der Waals surface area contributed by atoms with Crippen LogP contribution in [0.3, 0.4) is 0 Å². The lowest BCUT2D eigenvalue weighted by Gasteiger charge is -2.34. The number of aliphatic carboxylic acids is 1. The molecule has 0 radical (unpaired) electrons. The van der Waals surface area contributed by atoms with Crippen molar-refractivity contribution in [2.45, 2.75) is 18.2 Å². The van der Waals surface area contributed by atoms with Crippen molar-refractivity contribution in [2.75, 3.05) is 18.8 Å². The lowest BCUT2D eigenvalue weighted by atomic mass is 9.90. The van der Waals surface area contributed by atoms with E-state index >= 15 is 0 Å². The number of benzene rings is 1. The summed E-state index contributed by atoms with van der Waals surface area (Å²) in [6.45, 7) is 2.49. The zero-order chi connectivity index (χ0) is 19.4. The van der Waals surface area contributed by atoms with Gasteiger partial charge in [0.15, 0.2) is 0 Å². The molecule has 2 amide bonds. The largest absolute Gasteiger partial charge is 0.481 e. The average Bonchev–Trinajstić information content (AvgIpc) is 2.58. The molecule has 9 nitrogen and oxygen atoms in total. The van der Waals surface area contributed by atoms with Crippen molar-refractivity contribution in [3.63, 3.8) is 0 Å². The molecule has 0 aromatic heterocycles. The van der Waals surface area contributed by atoms with E-state index in [0.29, 0.717) is 13.0 Å². The number of nitro benzene ring substituents is 1. The zero-order valence-corrected chi connectivity index (χ0v) is 14.9. The third kappa shape index (κ3) is 4.72. The van der Waals surface area contributed by atoms with E-state index in [-0.39, 0.29) is 40.3 Å². The zero-order valence-electron chi connectivity index (χ0n) is 14.1. The number of carbonyl (C=O) groups excluding carboxylic acids is 2. The summed E-state index contributed by atoms with van der Waals surface area (Å²) < 4.78 is 0. The lowest BCUT2D eigenvalue weighted by molar-refractivity contribution is -0.387. The lowest BCUT2D eigenvalue weighted by Crippen LogP contribution is -2.46. The molecule has 0 aliphatic carbocycles. The normalized spacial score (nSPS) is 19.8. The number of nitrogens with zero attached hydrogens (tertiary/aromatic N) is 2. The van der Waals surface area contributed by atoms with Crippen LogP contribution in [-0.2, 0) is 9.59 Å². The molecule has 0 spiro atoms. The number of primary amides is 1. The van der Waals surface area contributed by atoms with Crippen LogP contribution in [0, 0.1) is 22.0 Å². The molecular formula is C16H19N3O6S. The highest BCUT2D eigenvalue weighted by Crippen LogP contribution is 2.31. The molecule has 1 heterocycles. The predicted octanol–water partition coefficient (Wildman–Crippen LogP) is 1.35. The van der Waals surface area contributed by atoms with E-state index in [2.05, 4.69) is 0 Å². The molecule has 1 aliphatic heterocycles. The second-order valence-corrected chi connectivity index (χ2v) is 7.28. The molecule has 1 aromatic rings. The fraction of sp³-hybridized carbons (Fsp3) is 0.438. The van der Waals surface area contributed by atoms with Crippen LogP contribution in [0.1, 0.15) is 23.7 Å². The Kier molecular flexibility index (Phi) is 6.19. The molecular weight excluding hydrogens is 362 g/mol. The van der Waals surface area contributed by atoms with Crippen molar-refractivity contribution in [1.82, 2.24) is 4.90 Å². The highest BCUT2D eigenvalue weighted by Gasteiger charge is 2.32. The molecule has 1 aliphatic rings. The smallest absolute Gasteiger partial charge is 0.308 e. The van der Waals surface area contributed by atoms with Crippen LogP contribution < -0.4 is 5.73 Å². The number of rotatable bonds is 6. The summed E-state index contributed by atoms with van der Waals surface area (Å²) in [5.74, 6) is -2.57. The van der Waals surface area contributed by atoms with Gasteiger partial charge in [0.2, 0.25) is 11.8 Å². The van der Waals surface area contributed by atoms with Crippen LogP contribution in [-0.4, -0.2) is 51.6 Å². The van der Waals surface area contributed by atoms with Gasteiger partial charge in [0.25, 0.3) is 5.69 Å². The van der Waals surface area contributed by atoms with Crippen LogP contribution in [0.5, 0.6) is 0 Å². The highest BCUT2D eigenvalue weighted by atomic mass is 32.2. The van der Waals surface area contributed by atoms with Gasteiger partial charge in [-0.05, 0) is 24.5 Å². The molecule has 1 aromatic carbocycles. The van der Waals surface area contributed by atoms with Crippen molar-refractivity contribution in [2.24, 2.45) is 17.6 Å². The van der Waals surface area contributed by atoms with Crippen molar-refractivity contribution >= 4 is 35.2 Å². The van der Waals surface area contributed by atoms with Gasteiger partial charge in [-0.3, -0.25) is 24.5 Å². The summed E-state index contributed by atoms with van der Waals surface area (Å²) in [7, 11) is 0. The average molecular weight is 381 g/mol. The molecule has 140 valence electrons. The van der Waals surface area contributed by atoms with E-state index in [1.54, 1.807) is 0 Å². The van der Waals surface area contributed by atoms with Crippen molar-refractivity contribution in [3.05, 3.63) is 33.9 Å². The van der Waals surface area contributed by atoms with Gasteiger partial charge >= 0.3 is 5.97 Å². The van der Waals surface area contributed by atoms with Crippen LogP contribution in [0.2, 0.25) is 0 Å². The molecule has 2 atom stereocenters. The monoisotopic (exact) mass is 381 g/mol. The van der Waals surface area contributed by atoms with E-state index in [1.165, 1.54) is 17.0 Å². The van der Waals surface area contributed by atoms with Crippen molar-refractivity contribution < 1.29 is 24.4 Å². The van der Waals surface area contributed by atoms with E-state index < -0.39 is 22.7 Å². The first-order chi connectivity index (χ1) is 12.2. The Hall–Kier alpha value is -2.62. The van der Waals surface area contributed by atoms with Crippen LogP contribution in [0.25, 0.3) is 0 Å². The van der Waals surface area contributed by atoms with Crippen molar-refractivity contribution in [3.8, 4) is 0 Å². The summed E-state index contributed by atoms with van der Waals surface area (Å²) in [6.07, 6.45) is 0.520. The van der Waals surface area contributed by atoms with Crippen LogP contribution >= 0.6 is 11.8 Å². The SMILES string of the molecule is CC1CC(C(=O)O)CN(C(=O)CSc2ccc(C(N)=O)cc2[N+](=O)[O-])C1. The Balaban J connectivity index is 2.08. The van der Waals surface area contributed by atoms with Gasteiger partial charge in [0, 0.05) is 24.7 Å². The van der Waals surface area contributed by atoms with Gasteiger partial charge < -0.3 is 15.7 Å². The number of nitrogens with two attached hydrogens (primary N) is 1. The Morgan fingerprint density at radius 1 is 1.38 bits per heavy atom. The number of amides is 2. The summed E-state index contributed by atoms with van der Waals surface area (Å²) >= 11 is 0.976. The van der Waals surface area contributed by atoms with E-state index in [4.69, 9.17) is 5.73 Å². The Labute approximate surface area is 153 Å². The number of nitro groups is 1. The fourth-order valence-corrected chi connectivity index (χ4v) is 3.81. The van der Waals surface area contributed by atoms with Crippen LogP contribution in [0.15, 0.2) is 23.1 Å². The number of carboxylic acids is 1. The van der Waals surface area contributed by atoms with Gasteiger partial charge in [-0.1, -0.05) is 6.92 Å². The number of thioether (sulfide) groups is 1. The number of hydrogen-bond donors (Lipinski definition) is 2. The summed E-state index contributed by atoms with van der Waals surface area (Å²) in [4.78, 5) is 47.0. The maximum absolute atomic E-state index is 12.4. The number of piperidine rings is 1. The van der Waals surface area contributed by atoms with Gasteiger partial charge in [-0.25, -0.2) is 0 Å². The first kappa shape index (κ1) is 19.7. The third-order valence-corrected chi connectivity index (χ3v) is 5.20. The Bertz CT molecular complexity index is 754. The highest BCUT2D eigenvalue weighted by molar-refractivity contribution is 8.00. The van der Waals surface area contributed by atoms with E-state index in [1.807, 2.05) is 6.92 Å². The summed E-state index contributed by atoms with van der Waals surface area (Å²) in [6, 6.07) is 3.83. The Morgan fingerprint density at radius 3 is 2.65 bits per heavy atom. The van der Waals surface area contributed by atoms with Gasteiger partial charge in [-0.2, -0.15) is 0 Å². The quantitative estimate of drug-likeness (QED) is 0.430. The topological polar surface area (TPSA) is 144 Å². The fourth-order valence-electron chi connectivity index (χ4n) is 2.90. The molecule has 2 unspecified atom stereocenters. The summed E-state index contributed by atoms with van der Waals surface area (Å²) in [5, 5.41) is 20.4. The number of carboxylic acid groups (broad SMARTS) is 1. The van der Waals surface area contributed by atoms with Gasteiger partial charge in [-0.15, -0.1) is 11.8 Å². The maximum atomic E-state index is 12.4. The maximum Gasteiger partial charge on any atom is 0.308 e. The summed E-state index contributed by atoms with van der Waals surface area (Å²) in [5.41, 5.74) is 4.84. The van der Waals surface area contributed by atoms with Crippen molar-refractivity contribution in [1.29, 1.82) is 0 Å². The second kappa shape index (κ2) is 8.17. The minimum absolute atomic E-state index is 0.0153. The number of hydrogen-bond acceptors (Lipinski definition) is 6. The number of carbonyl (C=O) groups is 3. The van der Waals surface area contributed by atoms with Crippen LogP contribution in [0.4, 0.5) is 5.69 Å².